The molecule has 6 aromatic carbocycles. The highest BCUT2D eigenvalue weighted by Gasteiger charge is 2.45. The molecule has 0 aliphatic heterocycles. The monoisotopic (exact) mass is 1020 g/mol. The van der Waals surface area contributed by atoms with E-state index in [1.54, 1.807) is 0 Å². The minimum atomic E-state index is 0.613. The molecular weight excluding hydrogens is 937 g/mol. The molecule has 2 saturated carbocycles. The van der Waals surface area contributed by atoms with Crippen molar-refractivity contribution in [1.29, 1.82) is 0 Å². The predicted octanol–water partition coefficient (Wildman–Crippen LogP) is 16.1. The quantitative estimate of drug-likeness (QED) is 0.0764. The fourth-order valence-corrected chi connectivity index (χ4v) is 13.3. The second-order valence-corrected chi connectivity index (χ2v) is 21.4. The van der Waals surface area contributed by atoms with Crippen molar-refractivity contribution >= 4 is 56.5 Å². The summed E-state index contributed by atoms with van der Waals surface area (Å²) < 4.78 is 0. The Labute approximate surface area is 462 Å². The number of allylic oxidation sites excluding steroid dienone is 6. The van der Waals surface area contributed by atoms with E-state index in [1.165, 1.54) is 109 Å². The molecule has 396 valence electrons. The molecule has 4 aliphatic rings. The number of hydrogen-bond donors (Lipinski definition) is 0. The average molecular weight is 1020 g/mol. The highest BCUT2D eigenvalue weighted by molar-refractivity contribution is 6.20. The van der Waals surface area contributed by atoms with Crippen molar-refractivity contribution in [2.75, 3.05) is 85.0 Å². The Morgan fingerprint density at radius 2 is 0.610 bits per heavy atom. The molecule has 0 N–H and O–H groups in total. The second-order valence-electron chi connectivity index (χ2n) is 21.4. The Morgan fingerprint density at radius 3 is 0.870 bits per heavy atom. The van der Waals surface area contributed by atoms with Gasteiger partial charge in [0.2, 0.25) is 0 Å². The van der Waals surface area contributed by atoms with Crippen LogP contribution in [0.15, 0.2) is 180 Å². The van der Waals surface area contributed by atoms with Crippen LogP contribution in [0.25, 0.3) is 22.3 Å². The van der Waals surface area contributed by atoms with Crippen LogP contribution in [0.1, 0.15) is 119 Å². The van der Waals surface area contributed by atoms with Crippen molar-refractivity contribution in [2.24, 2.45) is 33.7 Å². The molecule has 4 unspecified atom stereocenters. The number of aliphatic imine (C=N–C) groups is 2. The standard InChI is InChI=1S/C71H82N6/c1-9-74(10-2)58-33-25-50(26-34-58)70(51-27-35-59(36-28-51)75(11-3)12-4)66-41-43-68(64-23-19-17-21-62(64)66)72-48-56-46-55-45-54(56)47-57(55)49-73-69-44-42-67(63-22-18-20-24-65(63)69)71(52-29-37-60(38-30-52)76(13-5)14-6)53-31-39-61(40-32-53)77(15-7)16-8/h17-44,54-57H,9-16,45-49H2,1-8H3. The highest BCUT2D eigenvalue weighted by atomic mass is 15.1. The van der Waals surface area contributed by atoms with Crippen LogP contribution in [-0.2, 0) is 0 Å². The Kier molecular flexibility index (Phi) is 16.9. The minimum absolute atomic E-state index is 0.613. The molecule has 0 spiro atoms. The van der Waals surface area contributed by atoms with Crippen LogP contribution < -0.4 is 19.6 Å². The summed E-state index contributed by atoms with van der Waals surface area (Å²) in [6, 6.07) is 54.8. The van der Waals surface area contributed by atoms with Gasteiger partial charge in [-0.1, -0.05) is 109 Å². The smallest absolute Gasteiger partial charge is 0.0653 e. The van der Waals surface area contributed by atoms with Gasteiger partial charge in [0, 0.05) is 99.3 Å². The first-order valence-corrected chi connectivity index (χ1v) is 29.4. The van der Waals surface area contributed by atoms with Gasteiger partial charge in [0.1, 0.15) is 0 Å². The summed E-state index contributed by atoms with van der Waals surface area (Å²) in [6.45, 7) is 27.5. The first kappa shape index (κ1) is 53.2. The van der Waals surface area contributed by atoms with E-state index >= 15 is 0 Å². The van der Waals surface area contributed by atoms with Crippen molar-refractivity contribution in [3.8, 4) is 0 Å². The van der Waals surface area contributed by atoms with Gasteiger partial charge in [-0.05, 0) is 215 Å². The zero-order valence-corrected chi connectivity index (χ0v) is 47.4. The molecule has 77 heavy (non-hydrogen) atoms. The van der Waals surface area contributed by atoms with E-state index in [9.17, 15) is 0 Å². The van der Waals surface area contributed by atoms with E-state index in [1.807, 2.05) is 0 Å². The lowest BCUT2D eigenvalue weighted by Crippen LogP contribution is -2.23. The zero-order chi connectivity index (χ0) is 53.4. The third-order valence-corrected chi connectivity index (χ3v) is 17.6. The van der Waals surface area contributed by atoms with Gasteiger partial charge in [0.15, 0.2) is 0 Å². The van der Waals surface area contributed by atoms with Gasteiger partial charge in [0.05, 0.1) is 11.4 Å². The first-order valence-electron chi connectivity index (χ1n) is 29.4. The number of hydrogen-bond acceptors (Lipinski definition) is 6. The number of anilines is 4. The number of benzene rings is 6. The van der Waals surface area contributed by atoms with Gasteiger partial charge < -0.3 is 19.6 Å². The van der Waals surface area contributed by atoms with Crippen LogP contribution in [-0.4, -0.2) is 76.9 Å². The summed E-state index contributed by atoms with van der Waals surface area (Å²) in [5, 5.41) is 0. The van der Waals surface area contributed by atoms with E-state index < -0.39 is 0 Å². The van der Waals surface area contributed by atoms with E-state index in [0.29, 0.717) is 23.7 Å². The SMILES string of the molecule is CCN(CC)c1ccc(C(=C2C=CC(=NCC3CC4CC3CC4CN=C3C=CC(=C(c4ccc(N(CC)CC)cc4)c4ccc(N(CC)CC)cc4)c4ccccc43)c3ccccc32)c2ccc(N(CC)CC)cc2)cc1. The fraction of sp³-hybridized carbons (Fsp3) is 0.352. The van der Waals surface area contributed by atoms with Crippen LogP contribution in [0.3, 0.4) is 0 Å². The van der Waals surface area contributed by atoms with Gasteiger partial charge in [-0.25, -0.2) is 0 Å². The van der Waals surface area contributed by atoms with Crippen molar-refractivity contribution in [2.45, 2.75) is 74.7 Å². The first-order chi connectivity index (χ1) is 37.8. The Bertz CT molecular complexity index is 2820. The molecule has 6 heteroatoms. The summed E-state index contributed by atoms with van der Waals surface area (Å²) in [6.07, 6.45) is 13.1. The van der Waals surface area contributed by atoms with Gasteiger partial charge in [0.25, 0.3) is 0 Å². The van der Waals surface area contributed by atoms with Crippen LogP contribution in [0.5, 0.6) is 0 Å². The van der Waals surface area contributed by atoms with Crippen LogP contribution in [0, 0.1) is 23.7 Å². The molecule has 10 rings (SSSR count). The van der Waals surface area contributed by atoms with E-state index in [4.69, 9.17) is 9.98 Å². The van der Waals surface area contributed by atoms with E-state index in [0.717, 1.165) is 76.9 Å². The Hall–Kier alpha value is -7.18. The largest absolute Gasteiger partial charge is 0.372 e. The average Bonchev–Trinajstić information content (AvgIpc) is 4.14. The summed E-state index contributed by atoms with van der Waals surface area (Å²) in [4.78, 5) is 20.6. The van der Waals surface area contributed by atoms with Crippen LogP contribution >= 0.6 is 0 Å². The maximum absolute atomic E-state index is 5.49. The predicted molar refractivity (Wildman–Crippen MR) is 334 cm³/mol. The number of nitrogens with zero attached hydrogens (tertiary/aromatic N) is 6. The van der Waals surface area contributed by atoms with Gasteiger partial charge in [-0.2, -0.15) is 0 Å². The molecule has 0 radical (unpaired) electrons. The molecule has 6 aromatic rings. The molecule has 2 bridgehead atoms. The second kappa shape index (κ2) is 24.4. The fourth-order valence-electron chi connectivity index (χ4n) is 13.3. The molecular formula is C71H82N6. The Morgan fingerprint density at radius 1 is 0.338 bits per heavy atom. The summed E-state index contributed by atoms with van der Waals surface area (Å²) in [5.74, 6) is 2.62. The normalized spacial score (nSPS) is 19.2. The minimum Gasteiger partial charge on any atom is -0.372 e. The van der Waals surface area contributed by atoms with Gasteiger partial charge in [-0.15, -0.1) is 0 Å². The van der Waals surface area contributed by atoms with E-state index in [2.05, 4.69) is 245 Å². The molecule has 0 amide bonds. The van der Waals surface area contributed by atoms with Crippen LogP contribution in [0.4, 0.5) is 22.7 Å². The topological polar surface area (TPSA) is 37.7 Å². The Balaban J connectivity index is 0.882. The third-order valence-electron chi connectivity index (χ3n) is 17.6. The molecule has 4 aliphatic carbocycles. The highest BCUT2D eigenvalue weighted by Crippen LogP contribution is 2.52. The third kappa shape index (κ3) is 11.0. The maximum Gasteiger partial charge on any atom is 0.0653 e. The molecule has 2 fully saturated rings. The van der Waals surface area contributed by atoms with Crippen molar-refractivity contribution in [1.82, 2.24) is 0 Å². The van der Waals surface area contributed by atoms with Gasteiger partial charge in [-0.3, -0.25) is 9.98 Å². The van der Waals surface area contributed by atoms with Crippen LogP contribution in [0.2, 0.25) is 0 Å². The number of rotatable bonds is 20. The summed E-state index contributed by atoms with van der Waals surface area (Å²) >= 11 is 0. The molecule has 0 aromatic heterocycles. The number of fused-ring (bicyclic) bond motifs is 4. The molecule has 6 nitrogen and oxygen atoms in total. The van der Waals surface area contributed by atoms with Crippen molar-refractivity contribution < 1.29 is 0 Å². The van der Waals surface area contributed by atoms with E-state index in [-0.39, 0.29) is 0 Å². The zero-order valence-electron chi connectivity index (χ0n) is 47.4. The molecule has 0 heterocycles. The van der Waals surface area contributed by atoms with Gasteiger partial charge >= 0.3 is 0 Å². The lowest BCUT2D eigenvalue weighted by molar-refractivity contribution is 0.268. The summed E-state index contributed by atoms with van der Waals surface area (Å²) in [7, 11) is 0. The molecule has 4 atom stereocenters. The maximum atomic E-state index is 5.49. The lowest BCUT2D eigenvalue weighted by Gasteiger charge is -2.27. The van der Waals surface area contributed by atoms with Crippen molar-refractivity contribution in [3.05, 3.63) is 214 Å². The lowest BCUT2D eigenvalue weighted by atomic mass is 9.81. The van der Waals surface area contributed by atoms with Crippen molar-refractivity contribution in [3.63, 3.8) is 0 Å². The summed E-state index contributed by atoms with van der Waals surface area (Å²) in [5.41, 5.74) is 22.2. The molecule has 0 saturated heterocycles.